The van der Waals surface area contributed by atoms with Crippen LogP contribution in [0.3, 0.4) is 0 Å². The lowest BCUT2D eigenvalue weighted by Crippen LogP contribution is -2.33. The Labute approximate surface area is 110 Å². The lowest BCUT2D eigenvalue weighted by molar-refractivity contribution is -0.120. The van der Waals surface area contributed by atoms with Gasteiger partial charge in [-0.3, -0.25) is 4.79 Å². The van der Waals surface area contributed by atoms with Gasteiger partial charge in [-0.1, -0.05) is 13.0 Å². The zero-order valence-corrected chi connectivity index (χ0v) is 12.1. The van der Waals surface area contributed by atoms with E-state index in [4.69, 9.17) is 0 Å². The Morgan fingerprint density at radius 2 is 1.67 bits per heavy atom. The van der Waals surface area contributed by atoms with E-state index in [1.165, 1.54) is 27.8 Å². The molecule has 0 aromatic heterocycles. The Hall–Kier alpha value is -1.35. The molecule has 0 atom stereocenters. The molecule has 0 bridgehead atoms. The van der Waals surface area contributed by atoms with E-state index in [1.807, 2.05) is 6.92 Å². The zero-order valence-electron chi connectivity index (χ0n) is 12.1. The summed E-state index contributed by atoms with van der Waals surface area (Å²) in [5.74, 6) is 0.0507. The van der Waals surface area contributed by atoms with Crippen LogP contribution in [0.2, 0.25) is 0 Å². The Kier molecular flexibility index (Phi) is 5.35. The van der Waals surface area contributed by atoms with Crippen molar-refractivity contribution in [3.8, 4) is 0 Å². The summed E-state index contributed by atoms with van der Waals surface area (Å²) in [5.41, 5.74) is 6.38. The van der Waals surface area contributed by atoms with Crippen LogP contribution >= 0.6 is 0 Å². The Bertz CT molecular complexity index is 412. The number of rotatable bonds is 5. The second-order valence-corrected chi connectivity index (χ2v) is 4.80. The maximum Gasteiger partial charge on any atom is 0.234 e. The normalized spacial score (nSPS) is 10.5. The lowest BCUT2D eigenvalue weighted by atomic mass is 9.94. The van der Waals surface area contributed by atoms with Crippen molar-refractivity contribution in [3.05, 3.63) is 33.9 Å². The lowest BCUT2D eigenvalue weighted by Gasteiger charge is -2.16. The molecule has 3 heteroatoms. The molecule has 1 aromatic carbocycles. The van der Waals surface area contributed by atoms with Crippen LogP contribution < -0.4 is 10.6 Å². The van der Waals surface area contributed by atoms with E-state index in [9.17, 15) is 4.79 Å². The Balaban J connectivity index is 2.76. The summed E-state index contributed by atoms with van der Waals surface area (Å²) in [6, 6.07) is 2.20. The van der Waals surface area contributed by atoms with Crippen molar-refractivity contribution >= 4 is 5.91 Å². The van der Waals surface area contributed by atoms with Crippen LogP contribution in [-0.2, 0) is 11.3 Å². The first kappa shape index (κ1) is 14.7. The number of carbonyl (C=O) groups is 1. The summed E-state index contributed by atoms with van der Waals surface area (Å²) in [6.07, 6.45) is 0. The summed E-state index contributed by atoms with van der Waals surface area (Å²) < 4.78 is 0. The van der Waals surface area contributed by atoms with Crippen molar-refractivity contribution < 1.29 is 4.79 Å². The van der Waals surface area contributed by atoms with Crippen molar-refractivity contribution in [2.45, 2.75) is 41.2 Å². The first-order valence-corrected chi connectivity index (χ1v) is 6.51. The van der Waals surface area contributed by atoms with Crippen LogP contribution in [0.4, 0.5) is 0 Å². The SMILES string of the molecule is CCNCC(=O)NCc1c(C)c(C)cc(C)c1C. The van der Waals surface area contributed by atoms with Crippen molar-refractivity contribution in [1.82, 2.24) is 10.6 Å². The molecule has 0 saturated carbocycles. The first-order valence-electron chi connectivity index (χ1n) is 6.51. The average Bonchev–Trinajstić information content (AvgIpc) is 2.34. The predicted octanol–water partition coefficient (Wildman–Crippen LogP) is 2.15. The molecular weight excluding hydrogens is 224 g/mol. The van der Waals surface area contributed by atoms with Gasteiger partial charge in [-0.25, -0.2) is 0 Å². The molecule has 0 fully saturated rings. The fraction of sp³-hybridized carbons (Fsp3) is 0.533. The molecule has 1 amide bonds. The van der Waals surface area contributed by atoms with Crippen LogP contribution in [0.5, 0.6) is 0 Å². The molecule has 0 spiro atoms. The fourth-order valence-electron chi connectivity index (χ4n) is 2.05. The third kappa shape index (κ3) is 3.57. The first-order chi connectivity index (χ1) is 8.47. The molecular formula is C15H24N2O. The van der Waals surface area contributed by atoms with E-state index in [2.05, 4.69) is 44.4 Å². The van der Waals surface area contributed by atoms with Crippen molar-refractivity contribution in [1.29, 1.82) is 0 Å². The van der Waals surface area contributed by atoms with E-state index in [1.54, 1.807) is 0 Å². The van der Waals surface area contributed by atoms with E-state index in [0.29, 0.717) is 13.1 Å². The topological polar surface area (TPSA) is 41.1 Å². The third-order valence-corrected chi connectivity index (χ3v) is 3.52. The minimum Gasteiger partial charge on any atom is -0.351 e. The number of hydrogen-bond donors (Lipinski definition) is 2. The average molecular weight is 248 g/mol. The van der Waals surface area contributed by atoms with E-state index in [-0.39, 0.29) is 5.91 Å². The summed E-state index contributed by atoms with van der Waals surface area (Å²) in [5, 5.41) is 5.99. The maximum absolute atomic E-state index is 11.6. The molecule has 100 valence electrons. The zero-order chi connectivity index (χ0) is 13.7. The molecule has 1 rings (SSSR count). The van der Waals surface area contributed by atoms with Gasteiger partial charge in [-0.2, -0.15) is 0 Å². The molecule has 0 aliphatic rings. The van der Waals surface area contributed by atoms with Gasteiger partial charge in [-0.05, 0) is 62.1 Å². The van der Waals surface area contributed by atoms with Gasteiger partial charge in [0.15, 0.2) is 0 Å². The number of carbonyl (C=O) groups excluding carboxylic acids is 1. The van der Waals surface area contributed by atoms with Crippen molar-refractivity contribution in [2.75, 3.05) is 13.1 Å². The quantitative estimate of drug-likeness (QED) is 0.838. The Morgan fingerprint density at radius 3 is 2.17 bits per heavy atom. The molecule has 3 nitrogen and oxygen atoms in total. The molecule has 0 aliphatic carbocycles. The van der Waals surface area contributed by atoms with Crippen LogP contribution in [0.25, 0.3) is 0 Å². The van der Waals surface area contributed by atoms with Crippen molar-refractivity contribution in [2.24, 2.45) is 0 Å². The number of amides is 1. The molecule has 0 unspecified atom stereocenters. The molecule has 0 radical (unpaired) electrons. The molecule has 0 saturated heterocycles. The fourth-order valence-corrected chi connectivity index (χ4v) is 2.05. The monoisotopic (exact) mass is 248 g/mol. The molecule has 0 aliphatic heterocycles. The van der Waals surface area contributed by atoms with Gasteiger partial charge in [0.2, 0.25) is 5.91 Å². The summed E-state index contributed by atoms with van der Waals surface area (Å²) in [4.78, 5) is 11.6. The Morgan fingerprint density at radius 1 is 1.11 bits per heavy atom. The van der Waals surface area contributed by atoms with Gasteiger partial charge in [0, 0.05) is 6.54 Å². The van der Waals surface area contributed by atoms with Crippen molar-refractivity contribution in [3.63, 3.8) is 0 Å². The van der Waals surface area contributed by atoms with E-state index >= 15 is 0 Å². The predicted molar refractivity (Wildman–Crippen MR) is 75.8 cm³/mol. The minimum atomic E-state index is 0.0507. The van der Waals surface area contributed by atoms with Gasteiger partial charge >= 0.3 is 0 Å². The van der Waals surface area contributed by atoms with E-state index in [0.717, 1.165) is 6.54 Å². The highest BCUT2D eigenvalue weighted by molar-refractivity contribution is 5.78. The second-order valence-electron chi connectivity index (χ2n) is 4.80. The molecule has 18 heavy (non-hydrogen) atoms. The molecule has 1 aromatic rings. The smallest absolute Gasteiger partial charge is 0.234 e. The van der Waals surface area contributed by atoms with Crippen LogP contribution in [-0.4, -0.2) is 19.0 Å². The highest BCUT2D eigenvalue weighted by atomic mass is 16.1. The highest BCUT2D eigenvalue weighted by Crippen LogP contribution is 2.21. The number of likely N-dealkylation sites (N-methyl/N-ethyl adjacent to an activating group) is 1. The summed E-state index contributed by atoms with van der Waals surface area (Å²) >= 11 is 0. The number of nitrogens with one attached hydrogen (secondary N) is 2. The van der Waals surface area contributed by atoms with Gasteiger partial charge < -0.3 is 10.6 Å². The van der Waals surface area contributed by atoms with Crippen LogP contribution in [0.1, 0.15) is 34.7 Å². The number of benzene rings is 1. The van der Waals surface area contributed by atoms with Crippen LogP contribution in [0, 0.1) is 27.7 Å². The van der Waals surface area contributed by atoms with Crippen LogP contribution in [0.15, 0.2) is 6.07 Å². The third-order valence-electron chi connectivity index (χ3n) is 3.52. The maximum atomic E-state index is 11.6. The standard InChI is InChI=1S/C15H24N2O/c1-6-16-9-15(18)17-8-14-12(4)10(2)7-11(3)13(14)5/h7,16H,6,8-9H2,1-5H3,(H,17,18). The molecule has 2 N–H and O–H groups in total. The number of aryl methyl sites for hydroxylation is 2. The van der Waals surface area contributed by atoms with Gasteiger partial charge in [-0.15, -0.1) is 0 Å². The van der Waals surface area contributed by atoms with Gasteiger partial charge in [0.05, 0.1) is 6.54 Å². The second kappa shape index (κ2) is 6.55. The molecule has 0 heterocycles. The number of hydrogen-bond acceptors (Lipinski definition) is 2. The highest BCUT2D eigenvalue weighted by Gasteiger charge is 2.09. The summed E-state index contributed by atoms with van der Waals surface area (Å²) in [7, 11) is 0. The minimum absolute atomic E-state index is 0.0507. The van der Waals surface area contributed by atoms with Gasteiger partial charge in [0.25, 0.3) is 0 Å². The van der Waals surface area contributed by atoms with Gasteiger partial charge in [0.1, 0.15) is 0 Å². The summed E-state index contributed by atoms with van der Waals surface area (Å²) in [6.45, 7) is 12.3. The largest absolute Gasteiger partial charge is 0.351 e. The van der Waals surface area contributed by atoms with E-state index < -0.39 is 0 Å².